The van der Waals surface area contributed by atoms with Gasteiger partial charge in [0.1, 0.15) is 11.5 Å². The van der Waals surface area contributed by atoms with Crippen molar-refractivity contribution in [3.63, 3.8) is 0 Å². The Kier molecular flexibility index (Phi) is 4.39. The van der Waals surface area contributed by atoms with Gasteiger partial charge in [0.2, 0.25) is 0 Å². The van der Waals surface area contributed by atoms with Crippen LogP contribution in [0.3, 0.4) is 0 Å². The second-order valence-electron chi connectivity index (χ2n) is 8.21. The third kappa shape index (κ3) is 3.17. The van der Waals surface area contributed by atoms with Gasteiger partial charge in [-0.2, -0.15) is 5.10 Å². The minimum Gasteiger partial charge on any atom is -0.306 e. The maximum atomic E-state index is 14.9. The molecule has 154 valence electrons. The van der Waals surface area contributed by atoms with Gasteiger partial charge in [-0.3, -0.25) is 9.78 Å². The summed E-state index contributed by atoms with van der Waals surface area (Å²) in [6, 6.07) is 4.89. The molecule has 0 radical (unpaired) electrons. The second-order valence-corrected chi connectivity index (χ2v) is 8.21. The van der Waals surface area contributed by atoms with Gasteiger partial charge in [0, 0.05) is 6.07 Å². The minimum absolute atomic E-state index is 0.127. The number of rotatable bonds is 2. The van der Waals surface area contributed by atoms with Crippen LogP contribution in [0, 0.1) is 19.7 Å². The molecule has 8 heteroatoms. The number of halogens is 1. The number of piperidine rings is 1. The van der Waals surface area contributed by atoms with Crippen molar-refractivity contribution in [2.24, 2.45) is 0 Å². The first-order valence-corrected chi connectivity index (χ1v) is 10.1. The molecule has 5 rings (SSSR count). The molecule has 4 aromatic rings. The normalized spacial score (nSPS) is 16.0. The Morgan fingerprint density at radius 2 is 1.90 bits per heavy atom. The predicted molar refractivity (Wildman–Crippen MR) is 113 cm³/mol. The standard InChI is InChI=1S/C22H23FN6O/c1-12-11-29-20(13(2)24-12)10-19(27-29)21-25-18-9-17(23)15(8-16(18)22(30)26-21)14-4-6-28(3)7-5-14/h8-11,14H,4-7H2,1-3H3,(H,25,26,30). The first-order chi connectivity index (χ1) is 14.4. The predicted octanol–water partition coefficient (Wildman–Crippen LogP) is 3.20. The van der Waals surface area contributed by atoms with Crippen LogP contribution in [0.5, 0.6) is 0 Å². The average Bonchev–Trinajstić information content (AvgIpc) is 3.13. The molecule has 0 amide bonds. The molecule has 4 heterocycles. The molecule has 0 bridgehead atoms. The zero-order valence-corrected chi connectivity index (χ0v) is 17.2. The van der Waals surface area contributed by atoms with Crippen LogP contribution in [0.25, 0.3) is 27.9 Å². The fourth-order valence-electron chi connectivity index (χ4n) is 4.34. The monoisotopic (exact) mass is 406 g/mol. The Morgan fingerprint density at radius 3 is 2.67 bits per heavy atom. The van der Waals surface area contributed by atoms with Crippen LogP contribution >= 0.6 is 0 Å². The number of aromatic nitrogens is 5. The zero-order valence-electron chi connectivity index (χ0n) is 17.2. The summed E-state index contributed by atoms with van der Waals surface area (Å²) in [5.74, 6) is 0.147. The fraction of sp³-hybridized carbons (Fsp3) is 0.364. The topological polar surface area (TPSA) is 79.2 Å². The Morgan fingerprint density at radius 1 is 1.13 bits per heavy atom. The molecular formula is C22H23FN6O. The SMILES string of the molecule is Cc1cn2nc(-c3nc4cc(F)c(C5CCN(C)CC5)cc4c(=O)[nH]3)cc2c(C)n1. The molecule has 1 fully saturated rings. The van der Waals surface area contributed by atoms with Gasteiger partial charge in [0.25, 0.3) is 5.56 Å². The van der Waals surface area contributed by atoms with E-state index in [-0.39, 0.29) is 17.3 Å². The first kappa shape index (κ1) is 18.9. The van der Waals surface area contributed by atoms with Crippen LogP contribution in [0.1, 0.15) is 35.7 Å². The quantitative estimate of drug-likeness (QED) is 0.553. The van der Waals surface area contributed by atoms with Gasteiger partial charge in [-0.1, -0.05) is 0 Å². The molecule has 1 N–H and O–H groups in total. The maximum Gasteiger partial charge on any atom is 0.259 e. The molecule has 1 aliphatic rings. The summed E-state index contributed by atoms with van der Waals surface area (Å²) in [6.45, 7) is 5.66. The minimum atomic E-state index is -0.299. The lowest BCUT2D eigenvalue weighted by Crippen LogP contribution is -2.29. The van der Waals surface area contributed by atoms with Crippen molar-refractivity contribution >= 4 is 16.4 Å². The van der Waals surface area contributed by atoms with E-state index in [9.17, 15) is 9.18 Å². The molecule has 1 saturated heterocycles. The highest BCUT2D eigenvalue weighted by molar-refractivity contribution is 5.80. The van der Waals surface area contributed by atoms with Crippen molar-refractivity contribution < 1.29 is 4.39 Å². The molecule has 0 spiro atoms. The Hall–Kier alpha value is -3.13. The summed E-state index contributed by atoms with van der Waals surface area (Å²) in [6.07, 6.45) is 3.59. The number of benzene rings is 1. The van der Waals surface area contributed by atoms with E-state index in [1.54, 1.807) is 10.6 Å². The number of hydrogen-bond donors (Lipinski definition) is 1. The van der Waals surface area contributed by atoms with Crippen LogP contribution in [-0.2, 0) is 0 Å². The summed E-state index contributed by atoms with van der Waals surface area (Å²) >= 11 is 0. The van der Waals surface area contributed by atoms with Crippen molar-refractivity contribution in [2.75, 3.05) is 20.1 Å². The second kappa shape index (κ2) is 6.98. The molecule has 1 aliphatic heterocycles. The molecule has 1 aromatic carbocycles. The number of H-pyrrole nitrogens is 1. The fourth-order valence-corrected chi connectivity index (χ4v) is 4.34. The highest BCUT2D eigenvalue weighted by Gasteiger charge is 2.23. The molecule has 0 aliphatic carbocycles. The summed E-state index contributed by atoms with van der Waals surface area (Å²) in [5.41, 5.74) is 3.70. The average molecular weight is 406 g/mol. The van der Waals surface area contributed by atoms with Gasteiger partial charge in [-0.25, -0.2) is 13.9 Å². The van der Waals surface area contributed by atoms with Gasteiger partial charge >= 0.3 is 0 Å². The van der Waals surface area contributed by atoms with E-state index in [1.807, 2.05) is 26.1 Å². The highest BCUT2D eigenvalue weighted by Crippen LogP contribution is 2.31. The van der Waals surface area contributed by atoms with E-state index in [1.165, 1.54) is 6.07 Å². The Labute approximate surface area is 172 Å². The van der Waals surface area contributed by atoms with Gasteiger partial charge in [-0.05, 0) is 70.4 Å². The van der Waals surface area contributed by atoms with Gasteiger partial charge < -0.3 is 9.88 Å². The van der Waals surface area contributed by atoms with Crippen LogP contribution in [0.15, 0.2) is 29.2 Å². The smallest absolute Gasteiger partial charge is 0.259 e. The molecule has 7 nitrogen and oxygen atoms in total. The number of hydrogen-bond acceptors (Lipinski definition) is 5. The van der Waals surface area contributed by atoms with Crippen molar-refractivity contribution in [3.8, 4) is 11.5 Å². The number of fused-ring (bicyclic) bond motifs is 2. The van der Waals surface area contributed by atoms with E-state index in [0.717, 1.165) is 42.8 Å². The van der Waals surface area contributed by atoms with E-state index in [0.29, 0.717) is 28.0 Å². The lowest BCUT2D eigenvalue weighted by molar-refractivity contribution is 0.253. The maximum absolute atomic E-state index is 14.9. The van der Waals surface area contributed by atoms with E-state index in [2.05, 4.69) is 32.0 Å². The third-order valence-corrected chi connectivity index (χ3v) is 5.98. The van der Waals surface area contributed by atoms with Crippen LogP contribution in [0.2, 0.25) is 0 Å². The van der Waals surface area contributed by atoms with Crippen LogP contribution < -0.4 is 5.56 Å². The van der Waals surface area contributed by atoms with Crippen molar-refractivity contribution in [3.05, 3.63) is 57.5 Å². The summed E-state index contributed by atoms with van der Waals surface area (Å²) in [4.78, 5) is 26.9. The number of nitrogens with zero attached hydrogens (tertiary/aromatic N) is 5. The highest BCUT2D eigenvalue weighted by atomic mass is 19.1. The molecule has 3 aromatic heterocycles. The largest absolute Gasteiger partial charge is 0.306 e. The number of likely N-dealkylation sites (tertiary alicyclic amines) is 1. The number of nitrogens with one attached hydrogen (secondary N) is 1. The molecule has 0 atom stereocenters. The molecule has 0 saturated carbocycles. The van der Waals surface area contributed by atoms with Gasteiger partial charge in [0.05, 0.1) is 34.0 Å². The van der Waals surface area contributed by atoms with Gasteiger partial charge in [0.15, 0.2) is 5.82 Å². The van der Waals surface area contributed by atoms with E-state index >= 15 is 0 Å². The van der Waals surface area contributed by atoms with Crippen molar-refractivity contribution in [1.29, 1.82) is 0 Å². The molecule has 30 heavy (non-hydrogen) atoms. The summed E-state index contributed by atoms with van der Waals surface area (Å²) < 4.78 is 16.7. The molecular weight excluding hydrogens is 383 g/mol. The van der Waals surface area contributed by atoms with Gasteiger partial charge in [-0.15, -0.1) is 0 Å². The lowest BCUT2D eigenvalue weighted by atomic mass is 9.88. The summed E-state index contributed by atoms with van der Waals surface area (Å²) in [5, 5.41) is 4.93. The first-order valence-electron chi connectivity index (χ1n) is 10.1. The van der Waals surface area contributed by atoms with Crippen LogP contribution in [0.4, 0.5) is 4.39 Å². The molecule has 0 unspecified atom stereocenters. The third-order valence-electron chi connectivity index (χ3n) is 5.98. The Bertz CT molecular complexity index is 1330. The van der Waals surface area contributed by atoms with E-state index < -0.39 is 0 Å². The Balaban J connectivity index is 1.60. The van der Waals surface area contributed by atoms with Crippen molar-refractivity contribution in [1.82, 2.24) is 29.5 Å². The van der Waals surface area contributed by atoms with E-state index in [4.69, 9.17) is 0 Å². The number of aryl methyl sites for hydroxylation is 2. The van der Waals surface area contributed by atoms with Crippen molar-refractivity contribution in [2.45, 2.75) is 32.6 Å². The lowest BCUT2D eigenvalue weighted by Gasteiger charge is -2.29. The van der Waals surface area contributed by atoms with Crippen LogP contribution in [-0.4, -0.2) is 49.6 Å². The number of aromatic amines is 1. The zero-order chi connectivity index (χ0) is 21.0. The summed E-state index contributed by atoms with van der Waals surface area (Å²) in [7, 11) is 2.07.